The Balaban J connectivity index is 2.04. The highest BCUT2D eigenvalue weighted by Crippen LogP contribution is 2.55. The number of nitrogens with zero attached hydrogens (tertiary/aromatic N) is 1. The van der Waals surface area contributed by atoms with E-state index in [1.807, 2.05) is 39.1 Å². The van der Waals surface area contributed by atoms with Crippen molar-refractivity contribution in [1.82, 2.24) is 0 Å². The number of nitriles is 1. The molecule has 1 aromatic heterocycles. The zero-order valence-corrected chi connectivity index (χ0v) is 17.3. The van der Waals surface area contributed by atoms with Gasteiger partial charge in [-0.25, -0.2) is 0 Å². The molecule has 0 radical (unpaired) electrons. The number of carbonyl (C=O) groups excluding carboxylic acids is 1. The molecule has 28 heavy (non-hydrogen) atoms. The summed E-state index contributed by atoms with van der Waals surface area (Å²) in [4.78, 5) is 14.0. The van der Waals surface area contributed by atoms with Crippen molar-refractivity contribution in [3.63, 3.8) is 0 Å². The van der Waals surface area contributed by atoms with Gasteiger partial charge in [0.15, 0.2) is 17.3 Å². The maximum absolute atomic E-state index is 13.4. The molecule has 0 saturated carbocycles. The van der Waals surface area contributed by atoms with Crippen LogP contribution in [0.25, 0.3) is 11.1 Å². The van der Waals surface area contributed by atoms with Crippen LogP contribution >= 0.6 is 11.3 Å². The lowest BCUT2D eigenvalue weighted by Crippen LogP contribution is -2.54. The Bertz CT molecular complexity index is 1060. The van der Waals surface area contributed by atoms with Crippen molar-refractivity contribution in [3.8, 4) is 28.7 Å². The smallest absolute Gasteiger partial charge is 0.231 e. The molecule has 144 valence electrons. The van der Waals surface area contributed by atoms with Crippen LogP contribution in [-0.4, -0.2) is 18.1 Å². The molecule has 2 aliphatic rings. The van der Waals surface area contributed by atoms with E-state index in [1.54, 1.807) is 6.08 Å². The molecule has 2 aliphatic heterocycles. The molecule has 0 aliphatic carbocycles. The molecule has 1 unspecified atom stereocenters. The van der Waals surface area contributed by atoms with Gasteiger partial charge in [-0.3, -0.25) is 4.79 Å². The highest BCUT2D eigenvalue weighted by Gasteiger charge is 2.50. The van der Waals surface area contributed by atoms with Crippen molar-refractivity contribution in [2.45, 2.75) is 45.1 Å². The highest BCUT2D eigenvalue weighted by atomic mass is 32.1. The Labute approximate surface area is 168 Å². The number of ether oxygens (including phenoxy) is 2. The van der Waals surface area contributed by atoms with Gasteiger partial charge in [0.05, 0.1) is 16.6 Å². The summed E-state index contributed by atoms with van der Waals surface area (Å²) in [7, 11) is 0. The van der Waals surface area contributed by atoms with Crippen molar-refractivity contribution in [1.29, 1.82) is 5.26 Å². The molecule has 1 N–H and O–H groups in total. The predicted octanol–water partition coefficient (Wildman–Crippen LogP) is 4.93. The van der Waals surface area contributed by atoms with Gasteiger partial charge in [0.25, 0.3) is 0 Å². The first kappa shape index (κ1) is 18.6. The van der Waals surface area contributed by atoms with Crippen molar-refractivity contribution in [3.05, 3.63) is 40.1 Å². The van der Waals surface area contributed by atoms with Crippen molar-refractivity contribution >= 4 is 22.8 Å². The molecule has 1 aromatic carbocycles. The lowest BCUT2D eigenvalue weighted by Gasteiger charge is -2.43. The second-order valence-electron chi connectivity index (χ2n) is 8.03. The molecule has 1 atom stereocenters. The van der Waals surface area contributed by atoms with E-state index in [0.717, 1.165) is 27.9 Å². The molecule has 2 aromatic rings. The summed E-state index contributed by atoms with van der Waals surface area (Å²) in [5.74, 6) is 1.40. The molecule has 0 amide bonds. The molecular weight excluding hydrogens is 372 g/mol. The van der Waals surface area contributed by atoms with E-state index in [1.165, 1.54) is 11.3 Å². The van der Waals surface area contributed by atoms with Gasteiger partial charge in [0.1, 0.15) is 10.9 Å². The monoisotopic (exact) mass is 394 g/mol. The number of thiophene rings is 1. The quantitative estimate of drug-likeness (QED) is 0.747. The summed E-state index contributed by atoms with van der Waals surface area (Å²) in [6.07, 6.45) is 2.31. The second kappa shape index (κ2) is 6.11. The summed E-state index contributed by atoms with van der Waals surface area (Å²) in [5.41, 5.74) is 2.90. The summed E-state index contributed by atoms with van der Waals surface area (Å²) < 4.78 is 11.7. The first-order valence-corrected chi connectivity index (χ1v) is 10.0. The molecule has 0 bridgehead atoms. The topological polar surface area (TPSA) is 71.4 Å². The Morgan fingerprint density at radius 1 is 1.32 bits per heavy atom. The largest absolute Gasteiger partial charge is 0.453 e. The molecule has 0 saturated heterocycles. The number of fused-ring (bicyclic) bond motifs is 3. The zero-order chi connectivity index (χ0) is 20.3. The van der Waals surface area contributed by atoms with Crippen LogP contribution in [0.3, 0.4) is 0 Å². The third kappa shape index (κ3) is 2.39. The van der Waals surface area contributed by atoms with E-state index < -0.39 is 11.0 Å². The van der Waals surface area contributed by atoms with E-state index in [0.29, 0.717) is 22.8 Å². The molecule has 4 rings (SSSR count). The Hall–Kier alpha value is -2.78. The van der Waals surface area contributed by atoms with Crippen LogP contribution in [0.15, 0.2) is 24.1 Å². The van der Waals surface area contributed by atoms with Gasteiger partial charge >= 0.3 is 0 Å². The fourth-order valence-corrected chi connectivity index (χ4v) is 5.17. The molecule has 3 heterocycles. The Morgan fingerprint density at radius 3 is 2.68 bits per heavy atom. The average Bonchev–Trinajstić information content (AvgIpc) is 3.27. The lowest BCUT2D eigenvalue weighted by atomic mass is 9.66. The number of hydrogen-bond acceptors (Lipinski definition) is 6. The van der Waals surface area contributed by atoms with Crippen LogP contribution in [0, 0.1) is 18.3 Å². The van der Waals surface area contributed by atoms with Gasteiger partial charge in [-0.1, -0.05) is 6.08 Å². The van der Waals surface area contributed by atoms with Crippen LogP contribution in [0.5, 0.6) is 11.5 Å². The van der Waals surface area contributed by atoms with Gasteiger partial charge in [-0.15, -0.1) is 17.9 Å². The Kier molecular flexibility index (Phi) is 4.06. The summed E-state index contributed by atoms with van der Waals surface area (Å²) in [6, 6.07) is 4.25. The number of anilines is 1. The number of allylic oxidation sites excluding steroid dienone is 1. The molecule has 0 spiro atoms. The van der Waals surface area contributed by atoms with Crippen molar-refractivity contribution in [2.24, 2.45) is 0 Å². The van der Waals surface area contributed by atoms with Gasteiger partial charge in [0.2, 0.25) is 6.79 Å². The minimum atomic E-state index is -0.738. The maximum Gasteiger partial charge on any atom is 0.231 e. The standard InChI is InChI=1S/C22H22N2O3S/c1-6-7-22(5)15-8-13(14-10-28-16(9-23)12(14)2)18-19(27-11-26-18)17(15)24-21(3,4)20(22)25/h6,8,10,24H,1,7,11H2,2-5H3. The summed E-state index contributed by atoms with van der Waals surface area (Å²) >= 11 is 1.41. The minimum Gasteiger partial charge on any atom is -0.453 e. The number of nitrogens with one attached hydrogen (secondary N) is 1. The van der Waals surface area contributed by atoms with E-state index in [2.05, 4.69) is 18.0 Å². The SMILES string of the molecule is C=CCC1(C)C(=O)C(C)(C)Nc2c1cc(-c1csc(C#N)c1C)c1c2OCO1. The lowest BCUT2D eigenvalue weighted by molar-refractivity contribution is -0.128. The van der Waals surface area contributed by atoms with Gasteiger partial charge in [-0.2, -0.15) is 5.26 Å². The minimum absolute atomic E-state index is 0.108. The zero-order valence-electron chi connectivity index (χ0n) is 16.4. The third-order valence-corrected chi connectivity index (χ3v) is 6.71. The number of benzene rings is 1. The van der Waals surface area contributed by atoms with Crippen LogP contribution < -0.4 is 14.8 Å². The first-order chi connectivity index (χ1) is 13.2. The fourth-order valence-electron chi connectivity index (χ4n) is 4.29. The van der Waals surface area contributed by atoms with Gasteiger partial charge in [-0.05, 0) is 51.3 Å². The number of rotatable bonds is 3. The second-order valence-corrected chi connectivity index (χ2v) is 8.91. The number of Topliss-reactive ketones (excluding diaryl/α,β-unsaturated/α-hetero) is 1. The normalized spacial score (nSPS) is 21.6. The molecular formula is C22H22N2O3S. The Morgan fingerprint density at radius 2 is 2.04 bits per heavy atom. The van der Waals surface area contributed by atoms with E-state index in [4.69, 9.17) is 9.47 Å². The molecule has 0 fully saturated rings. The van der Waals surface area contributed by atoms with Gasteiger partial charge < -0.3 is 14.8 Å². The predicted molar refractivity (Wildman–Crippen MR) is 110 cm³/mol. The summed E-state index contributed by atoms with van der Waals surface area (Å²) in [5, 5.41) is 14.7. The van der Waals surface area contributed by atoms with Crippen LogP contribution in [0.2, 0.25) is 0 Å². The fraction of sp³-hybridized carbons (Fsp3) is 0.364. The van der Waals surface area contributed by atoms with Crippen molar-refractivity contribution < 1.29 is 14.3 Å². The summed E-state index contributed by atoms with van der Waals surface area (Å²) in [6.45, 7) is 11.7. The van der Waals surface area contributed by atoms with E-state index >= 15 is 0 Å². The van der Waals surface area contributed by atoms with Crippen molar-refractivity contribution in [2.75, 3.05) is 12.1 Å². The van der Waals surface area contributed by atoms with Crippen LogP contribution in [-0.2, 0) is 10.2 Å². The van der Waals surface area contributed by atoms with Crippen LogP contribution in [0.4, 0.5) is 5.69 Å². The molecule has 6 heteroatoms. The first-order valence-electron chi connectivity index (χ1n) is 9.14. The molecule has 5 nitrogen and oxygen atoms in total. The number of carbonyl (C=O) groups is 1. The van der Waals surface area contributed by atoms with Gasteiger partial charge in [0, 0.05) is 16.5 Å². The third-order valence-electron chi connectivity index (χ3n) is 5.73. The van der Waals surface area contributed by atoms with E-state index in [-0.39, 0.29) is 12.6 Å². The average molecular weight is 394 g/mol. The highest BCUT2D eigenvalue weighted by molar-refractivity contribution is 7.11. The number of hydrogen-bond donors (Lipinski definition) is 1. The van der Waals surface area contributed by atoms with Crippen LogP contribution in [0.1, 0.15) is 43.2 Å². The number of ketones is 1. The maximum atomic E-state index is 13.4. The van der Waals surface area contributed by atoms with E-state index in [9.17, 15) is 10.1 Å².